The Labute approximate surface area is 184 Å². The summed E-state index contributed by atoms with van der Waals surface area (Å²) in [5.41, 5.74) is 3.09. The summed E-state index contributed by atoms with van der Waals surface area (Å²) >= 11 is 6.35. The Kier molecular flexibility index (Phi) is 6.07. The molecule has 31 heavy (non-hydrogen) atoms. The monoisotopic (exact) mass is 446 g/mol. The van der Waals surface area contributed by atoms with Gasteiger partial charge in [-0.15, -0.1) is 0 Å². The van der Waals surface area contributed by atoms with E-state index in [-0.39, 0.29) is 29.1 Å². The van der Waals surface area contributed by atoms with Crippen molar-refractivity contribution in [2.45, 2.75) is 45.4 Å². The number of aliphatic hydroxyl groups excluding tert-OH is 2. The number of hydrogen-bond donors (Lipinski definition) is 3. The zero-order chi connectivity index (χ0) is 22.3. The normalized spacial score (nSPS) is 20.1. The maximum absolute atomic E-state index is 15.0. The molecule has 0 unspecified atom stereocenters. The van der Waals surface area contributed by atoms with Crippen LogP contribution in [0, 0.1) is 19.7 Å². The van der Waals surface area contributed by atoms with E-state index in [1.165, 1.54) is 12.3 Å². The predicted molar refractivity (Wildman–Crippen MR) is 117 cm³/mol. The number of anilines is 1. The first kappa shape index (κ1) is 21.8. The van der Waals surface area contributed by atoms with E-state index in [0.717, 1.165) is 5.56 Å². The van der Waals surface area contributed by atoms with Crippen LogP contribution in [-0.2, 0) is 4.74 Å². The standard InChI is InChI=1S/C22H24ClFN4O3/c1-10-14-6-13(7-16(24)21(14)26-11(2)19(10)12(3)29)20-15(23)8-25-22(28-20)27-17-4-5-31-9-18(17)30/h6-8,12,17-18,29-30H,4-5,9H2,1-3H3,(H,25,27,28)/t12-,17-,18-/m1/s1. The summed E-state index contributed by atoms with van der Waals surface area (Å²) in [5.74, 6) is -0.214. The van der Waals surface area contributed by atoms with Gasteiger partial charge >= 0.3 is 0 Å². The lowest BCUT2D eigenvalue weighted by atomic mass is 9.96. The summed E-state index contributed by atoms with van der Waals surface area (Å²) in [7, 11) is 0. The third-order valence-corrected chi connectivity index (χ3v) is 5.89. The smallest absolute Gasteiger partial charge is 0.223 e. The summed E-state index contributed by atoms with van der Waals surface area (Å²) < 4.78 is 20.3. The minimum atomic E-state index is -0.729. The number of rotatable bonds is 4. The third-order valence-electron chi connectivity index (χ3n) is 5.62. The molecule has 3 aromatic rings. The molecule has 164 valence electrons. The van der Waals surface area contributed by atoms with Crippen molar-refractivity contribution in [3.8, 4) is 11.3 Å². The Hall–Kier alpha value is -2.39. The van der Waals surface area contributed by atoms with Crippen molar-refractivity contribution in [2.75, 3.05) is 18.5 Å². The number of aliphatic hydroxyl groups is 2. The van der Waals surface area contributed by atoms with Crippen LogP contribution in [-0.4, -0.2) is 50.5 Å². The van der Waals surface area contributed by atoms with E-state index in [0.29, 0.717) is 40.9 Å². The Balaban J connectivity index is 1.79. The van der Waals surface area contributed by atoms with E-state index < -0.39 is 18.0 Å². The summed E-state index contributed by atoms with van der Waals surface area (Å²) in [5, 5.41) is 24.2. The van der Waals surface area contributed by atoms with Gasteiger partial charge in [0.15, 0.2) is 0 Å². The molecule has 1 aromatic carbocycles. The molecular weight excluding hydrogens is 423 g/mol. The van der Waals surface area contributed by atoms with Crippen LogP contribution in [0.1, 0.15) is 36.3 Å². The van der Waals surface area contributed by atoms with Crippen molar-refractivity contribution in [1.82, 2.24) is 15.0 Å². The highest BCUT2D eigenvalue weighted by Gasteiger charge is 2.25. The molecule has 3 N–H and O–H groups in total. The van der Waals surface area contributed by atoms with Crippen LogP contribution in [0.25, 0.3) is 22.2 Å². The number of halogens is 2. The molecule has 2 aromatic heterocycles. The average molecular weight is 447 g/mol. The topological polar surface area (TPSA) is 100 Å². The second-order valence-electron chi connectivity index (χ2n) is 7.84. The van der Waals surface area contributed by atoms with Crippen molar-refractivity contribution in [3.63, 3.8) is 0 Å². The Morgan fingerprint density at radius 2 is 2.06 bits per heavy atom. The number of nitrogens with zero attached hydrogens (tertiary/aromatic N) is 3. The molecule has 1 aliphatic rings. The van der Waals surface area contributed by atoms with Crippen LogP contribution in [0.15, 0.2) is 18.3 Å². The number of ether oxygens (including phenoxy) is 1. The van der Waals surface area contributed by atoms with E-state index >= 15 is 4.39 Å². The quantitative estimate of drug-likeness (QED) is 0.561. The minimum absolute atomic E-state index is 0.233. The first-order valence-corrected chi connectivity index (χ1v) is 10.5. The molecule has 7 nitrogen and oxygen atoms in total. The molecule has 3 heterocycles. The Bertz CT molecular complexity index is 1140. The molecule has 0 amide bonds. The number of nitrogens with one attached hydrogen (secondary N) is 1. The average Bonchev–Trinajstić information content (AvgIpc) is 2.71. The summed E-state index contributed by atoms with van der Waals surface area (Å²) in [6, 6.07) is 2.87. The fraction of sp³-hybridized carbons (Fsp3) is 0.409. The van der Waals surface area contributed by atoms with Crippen LogP contribution < -0.4 is 5.32 Å². The second-order valence-corrected chi connectivity index (χ2v) is 8.25. The molecule has 9 heteroatoms. The van der Waals surface area contributed by atoms with Gasteiger partial charge in [0.05, 0.1) is 41.8 Å². The molecule has 0 radical (unpaired) electrons. The highest BCUT2D eigenvalue weighted by atomic mass is 35.5. The maximum atomic E-state index is 15.0. The molecule has 1 saturated heterocycles. The molecule has 1 fully saturated rings. The first-order valence-electron chi connectivity index (χ1n) is 10.1. The predicted octanol–water partition coefficient (Wildman–Crippen LogP) is 3.72. The van der Waals surface area contributed by atoms with Gasteiger partial charge in [-0.3, -0.25) is 0 Å². The van der Waals surface area contributed by atoms with Gasteiger partial charge in [-0.1, -0.05) is 11.6 Å². The molecule has 4 rings (SSSR count). The number of fused-ring (bicyclic) bond motifs is 1. The van der Waals surface area contributed by atoms with Gasteiger partial charge in [0.2, 0.25) is 5.95 Å². The molecule has 3 atom stereocenters. The highest BCUT2D eigenvalue weighted by Crippen LogP contribution is 2.34. The molecule has 0 spiro atoms. The largest absolute Gasteiger partial charge is 0.389 e. The van der Waals surface area contributed by atoms with Gasteiger partial charge in [-0.25, -0.2) is 19.3 Å². The van der Waals surface area contributed by atoms with E-state index in [4.69, 9.17) is 16.3 Å². The van der Waals surface area contributed by atoms with E-state index in [1.807, 2.05) is 6.92 Å². The summed E-state index contributed by atoms with van der Waals surface area (Å²) in [6.07, 6.45) is 0.652. The maximum Gasteiger partial charge on any atom is 0.223 e. The number of pyridine rings is 1. The SMILES string of the molecule is Cc1nc2c(F)cc(-c3nc(N[C@@H]4CCOC[C@H]4O)ncc3Cl)cc2c(C)c1[C@@H](C)O. The van der Waals surface area contributed by atoms with Crippen molar-refractivity contribution in [3.05, 3.63) is 46.0 Å². The number of benzene rings is 1. The van der Waals surface area contributed by atoms with Crippen LogP contribution >= 0.6 is 11.6 Å². The van der Waals surface area contributed by atoms with Crippen LogP contribution in [0.5, 0.6) is 0 Å². The van der Waals surface area contributed by atoms with E-state index in [1.54, 1.807) is 19.9 Å². The highest BCUT2D eigenvalue weighted by molar-refractivity contribution is 6.33. The molecule has 0 saturated carbocycles. The third kappa shape index (κ3) is 4.21. The number of aryl methyl sites for hydroxylation is 2. The van der Waals surface area contributed by atoms with E-state index in [2.05, 4.69) is 20.3 Å². The fourth-order valence-corrected chi connectivity index (χ4v) is 4.29. The lowest BCUT2D eigenvalue weighted by Crippen LogP contribution is -2.42. The van der Waals surface area contributed by atoms with Crippen molar-refractivity contribution in [1.29, 1.82) is 0 Å². The van der Waals surface area contributed by atoms with Crippen molar-refractivity contribution >= 4 is 28.5 Å². The van der Waals surface area contributed by atoms with Gasteiger partial charge in [0, 0.05) is 28.8 Å². The summed E-state index contributed by atoms with van der Waals surface area (Å²) in [6.45, 7) is 6.02. The minimum Gasteiger partial charge on any atom is -0.389 e. The van der Waals surface area contributed by atoms with Gasteiger partial charge in [-0.2, -0.15) is 0 Å². The Morgan fingerprint density at radius 1 is 1.29 bits per heavy atom. The summed E-state index contributed by atoms with van der Waals surface area (Å²) in [4.78, 5) is 13.0. The van der Waals surface area contributed by atoms with Crippen LogP contribution in [0.4, 0.5) is 10.3 Å². The fourth-order valence-electron chi connectivity index (χ4n) is 4.09. The molecular formula is C22H24ClFN4O3. The van der Waals surface area contributed by atoms with Crippen LogP contribution in [0.2, 0.25) is 5.02 Å². The van der Waals surface area contributed by atoms with Gasteiger partial charge in [-0.05, 0) is 44.9 Å². The molecule has 0 aliphatic carbocycles. The van der Waals surface area contributed by atoms with Gasteiger partial charge in [0.25, 0.3) is 0 Å². The van der Waals surface area contributed by atoms with E-state index in [9.17, 15) is 10.2 Å². The van der Waals surface area contributed by atoms with Gasteiger partial charge < -0.3 is 20.3 Å². The van der Waals surface area contributed by atoms with Crippen molar-refractivity contribution in [2.24, 2.45) is 0 Å². The molecule has 1 aliphatic heterocycles. The van der Waals surface area contributed by atoms with Crippen molar-refractivity contribution < 1.29 is 19.3 Å². The lowest BCUT2D eigenvalue weighted by Gasteiger charge is -2.28. The molecule has 0 bridgehead atoms. The number of hydrogen-bond acceptors (Lipinski definition) is 7. The zero-order valence-electron chi connectivity index (χ0n) is 17.5. The van der Waals surface area contributed by atoms with Gasteiger partial charge in [0.1, 0.15) is 11.3 Å². The Morgan fingerprint density at radius 3 is 2.77 bits per heavy atom. The zero-order valence-corrected chi connectivity index (χ0v) is 18.2. The lowest BCUT2D eigenvalue weighted by molar-refractivity contribution is -0.0136. The number of aromatic nitrogens is 3. The first-order chi connectivity index (χ1) is 14.8. The second kappa shape index (κ2) is 8.63. The van der Waals surface area contributed by atoms with Crippen LogP contribution in [0.3, 0.4) is 0 Å².